The summed E-state index contributed by atoms with van der Waals surface area (Å²) in [6, 6.07) is 2.15. The molecule has 3 heteroatoms. The van der Waals surface area contributed by atoms with Crippen LogP contribution in [-0.4, -0.2) is 15.2 Å². The molecule has 1 aliphatic rings. The SMILES string of the molecule is CCCn1nccc1C1CCC(Cl)C1. The normalized spacial score (nSPS) is 27.0. The van der Waals surface area contributed by atoms with Gasteiger partial charge in [-0.1, -0.05) is 6.92 Å². The average Bonchev–Trinajstić information content (AvgIpc) is 2.74. The van der Waals surface area contributed by atoms with Crippen LogP contribution in [0.15, 0.2) is 12.3 Å². The number of aromatic nitrogens is 2. The van der Waals surface area contributed by atoms with Gasteiger partial charge in [-0.25, -0.2) is 0 Å². The zero-order chi connectivity index (χ0) is 9.97. The van der Waals surface area contributed by atoms with E-state index in [1.54, 1.807) is 0 Å². The van der Waals surface area contributed by atoms with Crippen LogP contribution in [0, 0.1) is 0 Å². The molecule has 0 amide bonds. The molecule has 78 valence electrons. The van der Waals surface area contributed by atoms with Gasteiger partial charge in [-0.2, -0.15) is 5.10 Å². The third-order valence-electron chi connectivity index (χ3n) is 2.97. The van der Waals surface area contributed by atoms with Gasteiger partial charge in [0.05, 0.1) is 0 Å². The van der Waals surface area contributed by atoms with E-state index in [1.165, 1.54) is 12.1 Å². The zero-order valence-corrected chi connectivity index (χ0v) is 9.37. The molecule has 0 saturated heterocycles. The van der Waals surface area contributed by atoms with E-state index in [0.717, 1.165) is 25.8 Å². The van der Waals surface area contributed by atoms with Crippen molar-refractivity contribution >= 4 is 11.6 Å². The first kappa shape index (κ1) is 10.0. The molecule has 0 radical (unpaired) electrons. The number of rotatable bonds is 3. The molecule has 0 aromatic carbocycles. The summed E-state index contributed by atoms with van der Waals surface area (Å²) in [4.78, 5) is 0. The Kier molecular flexibility index (Phi) is 3.12. The summed E-state index contributed by atoms with van der Waals surface area (Å²) in [6.45, 7) is 3.22. The molecule has 2 unspecified atom stereocenters. The predicted octanol–water partition coefficient (Wildman–Crippen LogP) is 3.17. The summed E-state index contributed by atoms with van der Waals surface area (Å²) in [5.74, 6) is 0.645. The lowest BCUT2D eigenvalue weighted by atomic mass is 10.0. The van der Waals surface area contributed by atoms with Crippen LogP contribution in [-0.2, 0) is 6.54 Å². The largest absolute Gasteiger partial charge is 0.269 e. The summed E-state index contributed by atoms with van der Waals surface area (Å²) in [6.07, 6.45) is 6.56. The minimum Gasteiger partial charge on any atom is -0.269 e. The third-order valence-corrected chi connectivity index (χ3v) is 3.37. The smallest absolute Gasteiger partial charge is 0.0492 e. The second kappa shape index (κ2) is 4.35. The monoisotopic (exact) mass is 212 g/mol. The van der Waals surface area contributed by atoms with Crippen molar-refractivity contribution in [2.24, 2.45) is 0 Å². The van der Waals surface area contributed by atoms with Gasteiger partial charge in [-0.15, -0.1) is 11.6 Å². The van der Waals surface area contributed by atoms with Crippen molar-refractivity contribution in [1.82, 2.24) is 9.78 Å². The van der Waals surface area contributed by atoms with Crippen molar-refractivity contribution in [3.63, 3.8) is 0 Å². The van der Waals surface area contributed by atoms with Crippen LogP contribution < -0.4 is 0 Å². The Morgan fingerprint density at radius 1 is 1.57 bits per heavy atom. The maximum Gasteiger partial charge on any atom is 0.0492 e. The molecule has 0 N–H and O–H groups in total. The van der Waals surface area contributed by atoms with Gasteiger partial charge >= 0.3 is 0 Å². The topological polar surface area (TPSA) is 17.8 Å². The van der Waals surface area contributed by atoms with E-state index >= 15 is 0 Å². The molecule has 14 heavy (non-hydrogen) atoms. The Morgan fingerprint density at radius 2 is 2.43 bits per heavy atom. The van der Waals surface area contributed by atoms with E-state index in [9.17, 15) is 0 Å². The highest BCUT2D eigenvalue weighted by Crippen LogP contribution is 2.36. The Balaban J connectivity index is 2.11. The van der Waals surface area contributed by atoms with Crippen LogP contribution in [0.2, 0.25) is 0 Å². The molecule has 0 bridgehead atoms. The van der Waals surface area contributed by atoms with E-state index in [4.69, 9.17) is 11.6 Å². The van der Waals surface area contributed by atoms with Gasteiger partial charge in [0.2, 0.25) is 0 Å². The van der Waals surface area contributed by atoms with Crippen LogP contribution in [0.25, 0.3) is 0 Å². The average molecular weight is 213 g/mol. The number of hydrogen-bond donors (Lipinski definition) is 0. The Hall–Kier alpha value is -0.500. The highest BCUT2D eigenvalue weighted by molar-refractivity contribution is 6.20. The molecule has 2 nitrogen and oxygen atoms in total. The first-order valence-corrected chi connectivity index (χ1v) is 5.90. The maximum atomic E-state index is 6.12. The van der Waals surface area contributed by atoms with Crippen molar-refractivity contribution in [3.8, 4) is 0 Å². The second-order valence-electron chi connectivity index (χ2n) is 4.09. The molecule has 1 aliphatic carbocycles. The van der Waals surface area contributed by atoms with Gasteiger partial charge in [0.25, 0.3) is 0 Å². The number of alkyl halides is 1. The molecule has 1 heterocycles. The number of nitrogens with zero attached hydrogens (tertiary/aromatic N) is 2. The van der Waals surface area contributed by atoms with E-state index in [2.05, 4.69) is 22.8 Å². The highest BCUT2D eigenvalue weighted by Gasteiger charge is 2.26. The summed E-state index contributed by atoms with van der Waals surface area (Å²) < 4.78 is 2.14. The molecule has 0 aliphatic heterocycles. The molecule has 0 spiro atoms. The van der Waals surface area contributed by atoms with Crippen molar-refractivity contribution < 1.29 is 0 Å². The van der Waals surface area contributed by atoms with Crippen LogP contribution in [0.4, 0.5) is 0 Å². The van der Waals surface area contributed by atoms with E-state index in [0.29, 0.717) is 11.3 Å². The lowest BCUT2D eigenvalue weighted by Gasteiger charge is -2.11. The molecule has 1 aromatic heterocycles. The lowest BCUT2D eigenvalue weighted by molar-refractivity contribution is 0.538. The molecular weight excluding hydrogens is 196 g/mol. The van der Waals surface area contributed by atoms with Crippen molar-refractivity contribution in [1.29, 1.82) is 0 Å². The van der Waals surface area contributed by atoms with Crippen molar-refractivity contribution in [2.75, 3.05) is 0 Å². The summed E-state index contributed by atoms with van der Waals surface area (Å²) in [5, 5.41) is 4.73. The van der Waals surface area contributed by atoms with Gasteiger partial charge in [-0.3, -0.25) is 4.68 Å². The summed E-state index contributed by atoms with van der Waals surface area (Å²) >= 11 is 6.12. The molecule has 1 fully saturated rings. The fourth-order valence-electron chi connectivity index (χ4n) is 2.28. The minimum atomic E-state index is 0.380. The standard InChI is InChI=1S/C11H17ClN2/c1-2-7-14-11(5-6-13-14)9-3-4-10(12)8-9/h5-6,9-10H,2-4,7-8H2,1H3. The Morgan fingerprint density at radius 3 is 3.07 bits per heavy atom. The van der Waals surface area contributed by atoms with E-state index < -0.39 is 0 Å². The molecule has 1 saturated carbocycles. The van der Waals surface area contributed by atoms with Crippen molar-refractivity contribution in [2.45, 2.75) is 50.4 Å². The second-order valence-corrected chi connectivity index (χ2v) is 4.70. The van der Waals surface area contributed by atoms with E-state index in [1.807, 2.05) is 6.20 Å². The van der Waals surface area contributed by atoms with Crippen LogP contribution in [0.1, 0.15) is 44.2 Å². The Bertz CT molecular complexity index is 295. The molecule has 1 aromatic rings. The van der Waals surface area contributed by atoms with Gasteiger partial charge in [0.15, 0.2) is 0 Å². The maximum absolute atomic E-state index is 6.12. The molecule has 2 rings (SSSR count). The fourth-order valence-corrected chi connectivity index (χ4v) is 2.62. The first-order chi connectivity index (χ1) is 6.81. The molecular formula is C11H17ClN2. The first-order valence-electron chi connectivity index (χ1n) is 5.47. The van der Waals surface area contributed by atoms with Gasteiger partial charge in [-0.05, 0) is 31.7 Å². The van der Waals surface area contributed by atoms with Gasteiger partial charge in [0, 0.05) is 29.7 Å². The number of halogens is 1. The fraction of sp³-hybridized carbons (Fsp3) is 0.727. The zero-order valence-electron chi connectivity index (χ0n) is 8.62. The van der Waals surface area contributed by atoms with E-state index in [-0.39, 0.29) is 0 Å². The predicted molar refractivity (Wildman–Crippen MR) is 58.8 cm³/mol. The quantitative estimate of drug-likeness (QED) is 0.704. The summed E-state index contributed by atoms with van der Waals surface area (Å²) in [5.41, 5.74) is 1.38. The van der Waals surface area contributed by atoms with Crippen LogP contribution in [0.5, 0.6) is 0 Å². The highest BCUT2D eigenvalue weighted by atomic mass is 35.5. The van der Waals surface area contributed by atoms with Crippen molar-refractivity contribution in [3.05, 3.63) is 18.0 Å². The lowest BCUT2D eigenvalue weighted by Crippen LogP contribution is -2.07. The Labute approximate surface area is 90.3 Å². The number of hydrogen-bond acceptors (Lipinski definition) is 1. The van der Waals surface area contributed by atoms with Gasteiger partial charge < -0.3 is 0 Å². The van der Waals surface area contributed by atoms with Crippen LogP contribution >= 0.6 is 11.6 Å². The third kappa shape index (κ3) is 1.95. The van der Waals surface area contributed by atoms with Gasteiger partial charge in [0.1, 0.15) is 0 Å². The number of aryl methyl sites for hydroxylation is 1. The molecule has 2 atom stereocenters. The minimum absolute atomic E-state index is 0.380. The summed E-state index contributed by atoms with van der Waals surface area (Å²) in [7, 11) is 0. The van der Waals surface area contributed by atoms with Crippen LogP contribution in [0.3, 0.4) is 0 Å².